The van der Waals surface area contributed by atoms with Gasteiger partial charge in [-0.3, -0.25) is 19.6 Å². The second-order valence-electron chi connectivity index (χ2n) is 4.05. The van der Waals surface area contributed by atoms with Crippen LogP contribution in [0.2, 0.25) is 0 Å². The first-order valence-corrected chi connectivity index (χ1v) is 5.87. The molecule has 8 nitrogen and oxygen atoms in total. The van der Waals surface area contributed by atoms with Crippen LogP contribution < -0.4 is 11.1 Å². The van der Waals surface area contributed by atoms with Crippen LogP contribution in [0.1, 0.15) is 10.4 Å². The number of rotatable bonds is 5. The Kier molecular flexibility index (Phi) is 3.94. The standard InChI is InChI=1S/C12H13N5O3/c13-11-3-2-9(17(19)20)8-10(11)12(18)14-5-7-16-6-1-4-15-16/h1-4,6,8H,5,7,13H2,(H,14,18). The number of benzene rings is 1. The molecule has 1 amide bonds. The summed E-state index contributed by atoms with van der Waals surface area (Å²) in [4.78, 5) is 22.0. The van der Waals surface area contributed by atoms with Crippen LogP contribution in [0.15, 0.2) is 36.7 Å². The van der Waals surface area contributed by atoms with E-state index in [4.69, 9.17) is 5.73 Å². The number of hydrogen-bond acceptors (Lipinski definition) is 5. The van der Waals surface area contributed by atoms with E-state index in [0.717, 1.165) is 0 Å². The highest BCUT2D eigenvalue weighted by Gasteiger charge is 2.14. The van der Waals surface area contributed by atoms with Gasteiger partial charge in [0.2, 0.25) is 0 Å². The third kappa shape index (κ3) is 3.10. The smallest absolute Gasteiger partial charge is 0.270 e. The highest BCUT2D eigenvalue weighted by atomic mass is 16.6. The Morgan fingerprint density at radius 1 is 1.50 bits per heavy atom. The van der Waals surface area contributed by atoms with E-state index in [0.29, 0.717) is 13.1 Å². The van der Waals surface area contributed by atoms with Crippen LogP contribution in [0.25, 0.3) is 0 Å². The van der Waals surface area contributed by atoms with Crippen molar-refractivity contribution >= 4 is 17.3 Å². The largest absolute Gasteiger partial charge is 0.398 e. The summed E-state index contributed by atoms with van der Waals surface area (Å²) in [6.07, 6.45) is 3.41. The summed E-state index contributed by atoms with van der Waals surface area (Å²) in [5, 5.41) is 17.3. The molecule has 2 rings (SSSR count). The first kappa shape index (κ1) is 13.5. The lowest BCUT2D eigenvalue weighted by molar-refractivity contribution is -0.384. The lowest BCUT2D eigenvalue weighted by Crippen LogP contribution is -2.28. The molecule has 20 heavy (non-hydrogen) atoms. The number of nitrogens with two attached hydrogens (primary N) is 1. The molecule has 0 spiro atoms. The average molecular weight is 275 g/mol. The predicted octanol–water partition coefficient (Wildman–Crippen LogP) is 0.803. The second kappa shape index (κ2) is 5.83. The quantitative estimate of drug-likeness (QED) is 0.475. The number of nitrogens with one attached hydrogen (secondary N) is 1. The van der Waals surface area contributed by atoms with Crippen molar-refractivity contribution in [2.75, 3.05) is 12.3 Å². The molecule has 0 unspecified atom stereocenters. The van der Waals surface area contributed by atoms with Crippen molar-refractivity contribution in [3.05, 3.63) is 52.3 Å². The van der Waals surface area contributed by atoms with Gasteiger partial charge in [0.1, 0.15) is 0 Å². The zero-order valence-corrected chi connectivity index (χ0v) is 10.5. The van der Waals surface area contributed by atoms with Crippen molar-refractivity contribution in [1.82, 2.24) is 15.1 Å². The average Bonchev–Trinajstić information content (AvgIpc) is 2.92. The molecular weight excluding hydrogens is 262 g/mol. The molecule has 1 aromatic carbocycles. The van der Waals surface area contributed by atoms with Gasteiger partial charge in [-0.05, 0) is 12.1 Å². The molecule has 0 radical (unpaired) electrons. The topological polar surface area (TPSA) is 116 Å². The van der Waals surface area contributed by atoms with Gasteiger partial charge in [0, 0.05) is 36.8 Å². The summed E-state index contributed by atoms with van der Waals surface area (Å²) in [5.74, 6) is -0.446. The fourth-order valence-electron chi connectivity index (χ4n) is 1.67. The lowest BCUT2D eigenvalue weighted by Gasteiger charge is -2.07. The maximum absolute atomic E-state index is 11.9. The van der Waals surface area contributed by atoms with Crippen LogP contribution >= 0.6 is 0 Å². The van der Waals surface area contributed by atoms with Crippen LogP contribution in [0.5, 0.6) is 0 Å². The van der Waals surface area contributed by atoms with Gasteiger partial charge >= 0.3 is 0 Å². The number of nitrogens with zero attached hydrogens (tertiary/aromatic N) is 3. The van der Waals surface area contributed by atoms with Gasteiger partial charge in [-0.25, -0.2) is 0 Å². The van der Waals surface area contributed by atoms with Gasteiger partial charge < -0.3 is 11.1 Å². The SMILES string of the molecule is Nc1ccc([N+](=O)[O-])cc1C(=O)NCCn1cccn1. The number of nitro benzene ring substituents is 1. The molecule has 0 fully saturated rings. The van der Waals surface area contributed by atoms with Crippen LogP contribution in [0.4, 0.5) is 11.4 Å². The van der Waals surface area contributed by atoms with E-state index in [2.05, 4.69) is 10.4 Å². The molecule has 0 aliphatic rings. The van der Waals surface area contributed by atoms with Crippen molar-refractivity contribution in [3.8, 4) is 0 Å². The first-order valence-electron chi connectivity index (χ1n) is 5.87. The summed E-state index contributed by atoms with van der Waals surface area (Å²) in [5.41, 5.74) is 5.78. The monoisotopic (exact) mass is 275 g/mol. The van der Waals surface area contributed by atoms with Crippen LogP contribution in [0.3, 0.4) is 0 Å². The molecule has 0 aliphatic carbocycles. The summed E-state index contributed by atoms with van der Waals surface area (Å²) in [6, 6.07) is 5.55. The number of non-ortho nitro benzene ring substituents is 1. The molecule has 0 bridgehead atoms. The summed E-state index contributed by atoms with van der Waals surface area (Å²) in [7, 11) is 0. The minimum Gasteiger partial charge on any atom is -0.398 e. The Hall–Kier alpha value is -2.90. The molecule has 104 valence electrons. The van der Waals surface area contributed by atoms with Gasteiger partial charge in [0.25, 0.3) is 11.6 Å². The Bertz CT molecular complexity index is 624. The van der Waals surface area contributed by atoms with E-state index in [-0.39, 0.29) is 16.9 Å². The van der Waals surface area contributed by atoms with Gasteiger partial charge in [-0.1, -0.05) is 0 Å². The van der Waals surface area contributed by atoms with E-state index in [1.807, 2.05) is 0 Å². The molecule has 3 N–H and O–H groups in total. The van der Waals surface area contributed by atoms with Gasteiger partial charge in [0.05, 0.1) is 17.0 Å². The number of aromatic nitrogens is 2. The molecule has 2 aromatic rings. The lowest BCUT2D eigenvalue weighted by atomic mass is 10.1. The predicted molar refractivity (Wildman–Crippen MR) is 72.1 cm³/mol. The molecule has 8 heteroatoms. The zero-order chi connectivity index (χ0) is 14.5. The van der Waals surface area contributed by atoms with Crippen LogP contribution in [-0.4, -0.2) is 27.2 Å². The number of nitrogen functional groups attached to an aromatic ring is 1. The van der Waals surface area contributed by atoms with E-state index in [9.17, 15) is 14.9 Å². The van der Waals surface area contributed by atoms with Crippen LogP contribution in [-0.2, 0) is 6.54 Å². The van der Waals surface area contributed by atoms with Gasteiger partial charge in [-0.15, -0.1) is 0 Å². The maximum Gasteiger partial charge on any atom is 0.270 e. The van der Waals surface area contributed by atoms with Crippen molar-refractivity contribution < 1.29 is 9.72 Å². The number of carbonyl (C=O) groups excluding carboxylic acids is 1. The molecular formula is C12H13N5O3. The Balaban J connectivity index is 2.01. The maximum atomic E-state index is 11.9. The number of carbonyl (C=O) groups is 1. The second-order valence-corrected chi connectivity index (χ2v) is 4.05. The summed E-state index contributed by atoms with van der Waals surface area (Å²) in [6.45, 7) is 0.857. The van der Waals surface area contributed by atoms with E-state index >= 15 is 0 Å². The number of anilines is 1. The zero-order valence-electron chi connectivity index (χ0n) is 10.5. The molecule has 0 saturated carbocycles. The van der Waals surface area contributed by atoms with Gasteiger partial charge in [-0.2, -0.15) is 5.10 Å². The first-order chi connectivity index (χ1) is 9.58. The molecule has 0 aliphatic heterocycles. The molecule has 1 heterocycles. The van der Waals surface area contributed by atoms with E-state index in [1.54, 1.807) is 23.1 Å². The Labute approximate surface area is 114 Å². The number of amides is 1. The van der Waals surface area contributed by atoms with Crippen molar-refractivity contribution in [3.63, 3.8) is 0 Å². The van der Waals surface area contributed by atoms with Crippen LogP contribution in [0, 0.1) is 10.1 Å². The van der Waals surface area contributed by atoms with Crippen molar-refractivity contribution in [2.45, 2.75) is 6.54 Å². The fourth-order valence-corrected chi connectivity index (χ4v) is 1.67. The third-order valence-corrected chi connectivity index (χ3v) is 2.68. The van der Waals surface area contributed by atoms with Gasteiger partial charge in [0.15, 0.2) is 0 Å². The molecule has 1 aromatic heterocycles. The van der Waals surface area contributed by atoms with E-state index < -0.39 is 10.8 Å². The Morgan fingerprint density at radius 3 is 2.95 bits per heavy atom. The third-order valence-electron chi connectivity index (χ3n) is 2.68. The van der Waals surface area contributed by atoms with Crippen molar-refractivity contribution in [2.24, 2.45) is 0 Å². The highest BCUT2D eigenvalue weighted by Crippen LogP contribution is 2.19. The highest BCUT2D eigenvalue weighted by molar-refractivity contribution is 5.99. The summed E-state index contributed by atoms with van der Waals surface area (Å²) >= 11 is 0. The molecule has 0 atom stereocenters. The fraction of sp³-hybridized carbons (Fsp3) is 0.167. The Morgan fingerprint density at radius 2 is 2.30 bits per heavy atom. The summed E-state index contributed by atoms with van der Waals surface area (Å²) < 4.78 is 1.66. The molecule has 0 saturated heterocycles. The number of nitro groups is 1. The van der Waals surface area contributed by atoms with Crippen molar-refractivity contribution in [1.29, 1.82) is 0 Å². The normalized spacial score (nSPS) is 10.2. The van der Waals surface area contributed by atoms with E-state index in [1.165, 1.54) is 18.2 Å². The minimum atomic E-state index is -0.569. The number of hydrogen-bond donors (Lipinski definition) is 2. The minimum absolute atomic E-state index is 0.0969.